The lowest BCUT2D eigenvalue weighted by Gasteiger charge is -2.15. The number of hydrogen-bond acceptors (Lipinski definition) is 5. The van der Waals surface area contributed by atoms with Crippen molar-refractivity contribution in [1.82, 2.24) is 9.88 Å². The molecule has 2 amide bonds. The van der Waals surface area contributed by atoms with Crippen molar-refractivity contribution in [3.05, 3.63) is 87.0 Å². The first-order valence-corrected chi connectivity index (χ1v) is 9.87. The van der Waals surface area contributed by atoms with Crippen LogP contribution in [0.2, 0.25) is 5.02 Å². The molecule has 2 aromatic heterocycles. The molecule has 0 saturated heterocycles. The van der Waals surface area contributed by atoms with Crippen molar-refractivity contribution in [3.63, 3.8) is 0 Å². The Labute approximate surface area is 171 Å². The number of thiophene rings is 1. The molecule has 0 atom stereocenters. The number of aryl methyl sites for hydroxylation is 1. The predicted molar refractivity (Wildman–Crippen MR) is 111 cm³/mol. The highest BCUT2D eigenvalue weighted by Crippen LogP contribution is 2.34. The summed E-state index contributed by atoms with van der Waals surface area (Å²) in [6.45, 7) is 2.07. The highest BCUT2D eigenvalue weighted by molar-refractivity contribution is 7.11. The summed E-state index contributed by atoms with van der Waals surface area (Å²) in [5, 5.41) is 5.59. The number of benzene rings is 1. The number of hydrogen-bond donors (Lipinski definition) is 1. The molecule has 1 aromatic carbocycles. The molecule has 3 aromatic rings. The van der Waals surface area contributed by atoms with E-state index >= 15 is 0 Å². The number of rotatable bonds is 5. The van der Waals surface area contributed by atoms with Gasteiger partial charge in [0.2, 0.25) is 0 Å². The van der Waals surface area contributed by atoms with E-state index in [0.717, 1.165) is 16.0 Å². The van der Waals surface area contributed by atoms with Crippen LogP contribution >= 0.6 is 22.9 Å². The topological polar surface area (TPSA) is 62.3 Å². The number of halogens is 1. The number of pyridine rings is 1. The van der Waals surface area contributed by atoms with Crippen molar-refractivity contribution in [2.75, 3.05) is 5.32 Å². The molecule has 0 unspecified atom stereocenters. The van der Waals surface area contributed by atoms with E-state index in [2.05, 4.69) is 10.3 Å². The second-order valence-corrected chi connectivity index (χ2v) is 7.73. The molecule has 0 saturated carbocycles. The standard InChI is InChI=1S/C21H16ClN3O2S/c1-13-6-7-15(10-16(13)22)24-19-18(17-5-3-9-28-17)20(26)25(21(19)27)12-14-4-2-8-23-11-14/h2-11,24H,12H2,1H3. The summed E-state index contributed by atoms with van der Waals surface area (Å²) < 4.78 is 0. The minimum absolute atomic E-state index is 0.167. The van der Waals surface area contributed by atoms with E-state index in [9.17, 15) is 9.59 Å². The molecule has 28 heavy (non-hydrogen) atoms. The third-order valence-corrected chi connectivity index (χ3v) is 5.73. The summed E-state index contributed by atoms with van der Waals surface area (Å²) in [7, 11) is 0. The first kappa shape index (κ1) is 18.4. The summed E-state index contributed by atoms with van der Waals surface area (Å²) in [6, 6.07) is 12.8. The molecule has 0 aliphatic carbocycles. The number of anilines is 1. The first-order chi connectivity index (χ1) is 13.5. The summed E-state index contributed by atoms with van der Waals surface area (Å²) in [4.78, 5) is 32.3. The number of amides is 2. The molecule has 1 aliphatic heterocycles. The van der Waals surface area contributed by atoms with Gasteiger partial charge in [-0.25, -0.2) is 0 Å². The Morgan fingerprint density at radius 3 is 2.68 bits per heavy atom. The van der Waals surface area contributed by atoms with Gasteiger partial charge in [-0.15, -0.1) is 11.3 Å². The Kier molecular flexibility index (Phi) is 4.98. The molecule has 1 N–H and O–H groups in total. The Balaban J connectivity index is 1.72. The predicted octanol–water partition coefficient (Wildman–Crippen LogP) is 4.50. The van der Waals surface area contributed by atoms with E-state index in [1.54, 1.807) is 24.5 Å². The van der Waals surface area contributed by atoms with Gasteiger partial charge in [-0.2, -0.15) is 0 Å². The van der Waals surface area contributed by atoms with Gasteiger partial charge >= 0.3 is 0 Å². The molecular formula is C21H16ClN3O2S. The van der Waals surface area contributed by atoms with E-state index in [-0.39, 0.29) is 24.1 Å². The molecule has 5 nitrogen and oxygen atoms in total. The Bertz CT molecular complexity index is 1080. The van der Waals surface area contributed by atoms with Crippen LogP contribution in [-0.4, -0.2) is 21.7 Å². The molecule has 0 fully saturated rings. The molecule has 4 rings (SSSR count). The fourth-order valence-electron chi connectivity index (χ4n) is 2.97. The average Bonchev–Trinajstić information content (AvgIpc) is 3.29. The van der Waals surface area contributed by atoms with Crippen LogP contribution in [-0.2, 0) is 16.1 Å². The molecular weight excluding hydrogens is 394 g/mol. The number of imide groups is 1. The summed E-state index contributed by atoms with van der Waals surface area (Å²) >= 11 is 7.63. The number of aromatic nitrogens is 1. The number of nitrogens with one attached hydrogen (secondary N) is 1. The number of nitrogens with zero attached hydrogens (tertiary/aromatic N) is 2. The second kappa shape index (κ2) is 7.58. The Morgan fingerprint density at radius 2 is 2.00 bits per heavy atom. The van der Waals surface area contributed by atoms with E-state index in [0.29, 0.717) is 16.3 Å². The van der Waals surface area contributed by atoms with Gasteiger partial charge in [-0.1, -0.05) is 29.8 Å². The minimum Gasteiger partial charge on any atom is -0.350 e. The van der Waals surface area contributed by atoms with Gasteiger partial charge in [0.15, 0.2) is 0 Å². The van der Waals surface area contributed by atoms with E-state index in [1.165, 1.54) is 16.2 Å². The zero-order chi connectivity index (χ0) is 19.7. The Hall–Kier alpha value is -2.96. The van der Waals surface area contributed by atoms with Gasteiger partial charge in [0.05, 0.1) is 12.1 Å². The van der Waals surface area contributed by atoms with Crippen LogP contribution in [0.15, 0.2) is 65.9 Å². The van der Waals surface area contributed by atoms with Crippen LogP contribution in [0.1, 0.15) is 16.0 Å². The molecule has 3 heterocycles. The maximum Gasteiger partial charge on any atom is 0.278 e. The van der Waals surface area contributed by atoms with Crippen molar-refractivity contribution >= 4 is 46.0 Å². The monoisotopic (exact) mass is 409 g/mol. The molecule has 0 spiro atoms. The van der Waals surface area contributed by atoms with Crippen LogP contribution in [0.3, 0.4) is 0 Å². The molecule has 0 radical (unpaired) electrons. The van der Waals surface area contributed by atoms with Gasteiger partial charge in [0.25, 0.3) is 11.8 Å². The largest absolute Gasteiger partial charge is 0.350 e. The van der Waals surface area contributed by atoms with Crippen LogP contribution in [0.5, 0.6) is 0 Å². The lowest BCUT2D eigenvalue weighted by molar-refractivity contribution is -0.137. The number of carbonyl (C=O) groups is 2. The Morgan fingerprint density at radius 1 is 1.14 bits per heavy atom. The van der Waals surface area contributed by atoms with Crippen LogP contribution in [0.25, 0.3) is 5.57 Å². The quantitative estimate of drug-likeness (QED) is 0.630. The first-order valence-electron chi connectivity index (χ1n) is 8.61. The average molecular weight is 410 g/mol. The lowest BCUT2D eigenvalue weighted by Crippen LogP contribution is -2.32. The van der Waals surface area contributed by atoms with Crippen LogP contribution in [0, 0.1) is 6.92 Å². The maximum atomic E-state index is 13.1. The molecule has 0 bridgehead atoms. The smallest absolute Gasteiger partial charge is 0.278 e. The zero-order valence-corrected chi connectivity index (χ0v) is 16.6. The third kappa shape index (κ3) is 3.44. The normalized spacial score (nSPS) is 14.1. The molecule has 140 valence electrons. The maximum absolute atomic E-state index is 13.1. The van der Waals surface area contributed by atoms with Crippen LogP contribution < -0.4 is 5.32 Å². The summed E-state index contributed by atoms with van der Waals surface area (Å²) in [5.41, 5.74) is 3.02. The van der Waals surface area contributed by atoms with Gasteiger partial charge in [-0.3, -0.25) is 19.5 Å². The van der Waals surface area contributed by atoms with Gasteiger partial charge in [0, 0.05) is 28.0 Å². The summed E-state index contributed by atoms with van der Waals surface area (Å²) in [5.74, 6) is -0.689. The number of carbonyl (C=O) groups excluding carboxylic acids is 2. The summed E-state index contributed by atoms with van der Waals surface area (Å²) in [6.07, 6.45) is 3.30. The van der Waals surface area contributed by atoms with Crippen molar-refractivity contribution in [2.45, 2.75) is 13.5 Å². The fraction of sp³-hybridized carbons (Fsp3) is 0.0952. The van der Waals surface area contributed by atoms with E-state index < -0.39 is 0 Å². The minimum atomic E-state index is -0.367. The third-order valence-electron chi connectivity index (χ3n) is 4.44. The van der Waals surface area contributed by atoms with Crippen molar-refractivity contribution in [2.24, 2.45) is 0 Å². The zero-order valence-electron chi connectivity index (χ0n) is 15.0. The highest BCUT2D eigenvalue weighted by Gasteiger charge is 2.39. The van der Waals surface area contributed by atoms with Gasteiger partial charge in [0.1, 0.15) is 5.70 Å². The molecule has 7 heteroatoms. The molecule has 1 aliphatic rings. The van der Waals surface area contributed by atoms with Gasteiger partial charge < -0.3 is 5.32 Å². The van der Waals surface area contributed by atoms with Crippen molar-refractivity contribution in [3.8, 4) is 0 Å². The fourth-order valence-corrected chi connectivity index (χ4v) is 3.92. The van der Waals surface area contributed by atoms with E-state index in [1.807, 2.05) is 42.6 Å². The SMILES string of the molecule is Cc1ccc(NC2=C(c3cccs3)C(=O)N(Cc3cccnc3)C2=O)cc1Cl. The van der Waals surface area contributed by atoms with Crippen molar-refractivity contribution in [1.29, 1.82) is 0 Å². The van der Waals surface area contributed by atoms with Gasteiger partial charge in [-0.05, 0) is 47.7 Å². The van der Waals surface area contributed by atoms with Crippen molar-refractivity contribution < 1.29 is 9.59 Å². The highest BCUT2D eigenvalue weighted by atomic mass is 35.5. The lowest BCUT2D eigenvalue weighted by atomic mass is 10.1. The van der Waals surface area contributed by atoms with E-state index in [4.69, 9.17) is 11.6 Å². The second-order valence-electron chi connectivity index (χ2n) is 6.37. The van der Waals surface area contributed by atoms with Crippen LogP contribution in [0.4, 0.5) is 5.69 Å².